The van der Waals surface area contributed by atoms with Gasteiger partial charge in [0.15, 0.2) is 0 Å². The zero-order valence-electron chi connectivity index (χ0n) is 11.9. The maximum atomic E-state index is 6.24. The minimum atomic E-state index is 0.423. The Morgan fingerprint density at radius 3 is 2.38 bits per heavy atom. The average molecular weight is 320 g/mol. The van der Waals surface area contributed by atoms with Crippen LogP contribution < -0.4 is 0 Å². The summed E-state index contributed by atoms with van der Waals surface area (Å²) in [6, 6.07) is 12.9. The topological polar surface area (TPSA) is 12.9 Å². The zero-order chi connectivity index (χ0) is 14.7. The Balaban J connectivity index is 1.60. The van der Waals surface area contributed by atoms with Crippen molar-refractivity contribution in [1.29, 1.82) is 0 Å². The molecule has 3 heteroatoms. The lowest BCUT2D eigenvalue weighted by Gasteiger charge is -2.29. The summed E-state index contributed by atoms with van der Waals surface area (Å²) in [5, 5.41) is 1.05. The van der Waals surface area contributed by atoms with Crippen LogP contribution in [0.25, 0.3) is 0 Å². The summed E-state index contributed by atoms with van der Waals surface area (Å²) in [5.41, 5.74) is 2.63. The van der Waals surface area contributed by atoms with Crippen LogP contribution in [0, 0.1) is 5.92 Å². The first-order chi connectivity index (χ1) is 10.2. The molecule has 1 nitrogen and oxygen atoms in total. The summed E-state index contributed by atoms with van der Waals surface area (Å²) in [6.45, 7) is 0. The van der Waals surface area contributed by atoms with Gasteiger partial charge in [-0.25, -0.2) is 4.98 Å². The molecule has 21 heavy (non-hydrogen) atoms. The molecule has 0 radical (unpaired) electrons. The van der Waals surface area contributed by atoms with Gasteiger partial charge in [-0.15, -0.1) is 0 Å². The summed E-state index contributed by atoms with van der Waals surface area (Å²) in [5.74, 6) is 1.43. The Kier molecular flexibility index (Phi) is 4.82. The highest BCUT2D eigenvalue weighted by Crippen LogP contribution is 2.38. The van der Waals surface area contributed by atoms with Crippen LogP contribution in [-0.4, -0.2) is 4.98 Å². The molecule has 0 aliphatic heterocycles. The van der Waals surface area contributed by atoms with E-state index in [1.807, 2.05) is 6.07 Å². The number of hydrogen-bond acceptors (Lipinski definition) is 1. The summed E-state index contributed by atoms with van der Waals surface area (Å²) in [6.07, 6.45) is 7.82. The molecule has 0 N–H and O–H groups in total. The first-order valence-corrected chi connectivity index (χ1v) is 8.33. The number of rotatable bonds is 3. The summed E-state index contributed by atoms with van der Waals surface area (Å²) in [4.78, 5) is 4.02. The van der Waals surface area contributed by atoms with E-state index >= 15 is 0 Å². The molecule has 110 valence electrons. The van der Waals surface area contributed by atoms with E-state index in [1.165, 1.54) is 31.2 Å². The molecule has 1 aliphatic rings. The fourth-order valence-corrected chi connectivity index (χ4v) is 3.72. The van der Waals surface area contributed by atoms with E-state index in [4.69, 9.17) is 23.2 Å². The summed E-state index contributed by atoms with van der Waals surface area (Å²) >= 11 is 12.2. The van der Waals surface area contributed by atoms with E-state index in [2.05, 4.69) is 35.3 Å². The van der Waals surface area contributed by atoms with Gasteiger partial charge in [0.2, 0.25) is 0 Å². The lowest BCUT2D eigenvalue weighted by atomic mass is 9.77. The second kappa shape index (κ2) is 6.81. The van der Waals surface area contributed by atoms with E-state index in [1.54, 1.807) is 6.20 Å². The number of aromatic nitrogens is 1. The van der Waals surface area contributed by atoms with Crippen molar-refractivity contribution in [3.63, 3.8) is 0 Å². The van der Waals surface area contributed by atoms with Gasteiger partial charge in [-0.05, 0) is 61.1 Å². The maximum Gasteiger partial charge on any atom is 0.147 e. The lowest BCUT2D eigenvalue weighted by Crippen LogP contribution is -2.15. The van der Waals surface area contributed by atoms with Crippen LogP contribution in [0.1, 0.15) is 42.7 Å². The van der Waals surface area contributed by atoms with Gasteiger partial charge in [0, 0.05) is 6.20 Å². The van der Waals surface area contributed by atoms with Gasteiger partial charge in [-0.3, -0.25) is 0 Å². The lowest BCUT2D eigenvalue weighted by molar-refractivity contribution is 0.324. The smallest absolute Gasteiger partial charge is 0.147 e. The molecule has 1 fully saturated rings. The molecule has 1 saturated carbocycles. The van der Waals surface area contributed by atoms with Crippen LogP contribution in [0.15, 0.2) is 42.6 Å². The van der Waals surface area contributed by atoms with E-state index in [-0.39, 0.29) is 0 Å². The molecule has 3 rings (SSSR count). The normalized spacial score (nSPS) is 22.2. The molecule has 0 atom stereocenters. The van der Waals surface area contributed by atoms with Crippen LogP contribution in [0.5, 0.6) is 0 Å². The highest BCUT2D eigenvalue weighted by molar-refractivity contribution is 6.41. The van der Waals surface area contributed by atoms with E-state index < -0.39 is 0 Å². The fraction of sp³-hybridized carbons (Fsp3) is 0.389. The summed E-state index contributed by atoms with van der Waals surface area (Å²) in [7, 11) is 0. The molecule has 0 spiro atoms. The average Bonchev–Trinajstić information content (AvgIpc) is 2.53. The van der Waals surface area contributed by atoms with Crippen LogP contribution in [0.4, 0.5) is 0 Å². The third-order valence-electron chi connectivity index (χ3n) is 4.55. The third-order valence-corrected chi connectivity index (χ3v) is 5.36. The number of pyridine rings is 1. The van der Waals surface area contributed by atoms with Gasteiger partial charge in [0.25, 0.3) is 0 Å². The van der Waals surface area contributed by atoms with E-state index in [0.29, 0.717) is 16.1 Å². The van der Waals surface area contributed by atoms with Gasteiger partial charge in [0.1, 0.15) is 5.15 Å². The molecular formula is C18H19Cl2N. The minimum absolute atomic E-state index is 0.423. The molecule has 0 amide bonds. The van der Waals surface area contributed by atoms with Gasteiger partial charge in [-0.2, -0.15) is 0 Å². The van der Waals surface area contributed by atoms with Crippen molar-refractivity contribution >= 4 is 23.2 Å². The number of benzene rings is 1. The van der Waals surface area contributed by atoms with Gasteiger partial charge in [0.05, 0.1) is 5.02 Å². The van der Waals surface area contributed by atoms with Crippen molar-refractivity contribution in [2.75, 3.05) is 0 Å². The predicted molar refractivity (Wildman–Crippen MR) is 89.1 cm³/mol. The quantitative estimate of drug-likeness (QED) is 0.641. The first kappa shape index (κ1) is 14.9. The van der Waals surface area contributed by atoms with Crippen LogP contribution in [0.2, 0.25) is 10.2 Å². The molecule has 0 saturated heterocycles. The van der Waals surface area contributed by atoms with Crippen LogP contribution in [0.3, 0.4) is 0 Å². The van der Waals surface area contributed by atoms with Crippen molar-refractivity contribution < 1.29 is 0 Å². The van der Waals surface area contributed by atoms with Crippen molar-refractivity contribution in [1.82, 2.24) is 4.98 Å². The van der Waals surface area contributed by atoms with Crippen LogP contribution >= 0.6 is 23.2 Å². The number of nitrogens with zero attached hydrogens (tertiary/aromatic N) is 1. The molecule has 1 aromatic heterocycles. The fourth-order valence-electron chi connectivity index (χ4n) is 3.35. The van der Waals surface area contributed by atoms with Crippen LogP contribution in [-0.2, 0) is 6.42 Å². The molecule has 1 heterocycles. The minimum Gasteiger partial charge on any atom is -0.243 e. The second-order valence-electron chi connectivity index (χ2n) is 5.91. The highest BCUT2D eigenvalue weighted by Gasteiger charge is 2.23. The Labute approximate surface area is 136 Å². The Morgan fingerprint density at radius 2 is 1.67 bits per heavy atom. The Hall–Kier alpha value is -1.05. The van der Waals surface area contributed by atoms with Crippen molar-refractivity contribution in [3.8, 4) is 0 Å². The standard InChI is InChI=1S/C18H19Cl2N/c19-17-16(10-11-21-18(17)20)12-13-6-8-15(9-7-13)14-4-2-1-3-5-14/h1-5,10-11,13,15H,6-9,12H2. The van der Waals surface area contributed by atoms with E-state index in [9.17, 15) is 0 Å². The number of hydrogen-bond donors (Lipinski definition) is 0. The molecule has 2 aromatic rings. The molecule has 1 aromatic carbocycles. The third kappa shape index (κ3) is 3.59. The first-order valence-electron chi connectivity index (χ1n) is 7.58. The zero-order valence-corrected chi connectivity index (χ0v) is 13.4. The van der Waals surface area contributed by atoms with Gasteiger partial charge < -0.3 is 0 Å². The van der Waals surface area contributed by atoms with Crippen molar-refractivity contribution in [2.45, 2.75) is 38.0 Å². The van der Waals surface area contributed by atoms with E-state index in [0.717, 1.165) is 17.9 Å². The molecule has 0 bridgehead atoms. The van der Waals surface area contributed by atoms with Crippen molar-refractivity contribution in [2.24, 2.45) is 5.92 Å². The summed E-state index contributed by atoms with van der Waals surface area (Å²) < 4.78 is 0. The van der Waals surface area contributed by atoms with Gasteiger partial charge >= 0.3 is 0 Å². The Morgan fingerprint density at radius 1 is 0.952 bits per heavy atom. The maximum absolute atomic E-state index is 6.24. The molecular weight excluding hydrogens is 301 g/mol. The molecule has 1 aliphatic carbocycles. The van der Waals surface area contributed by atoms with Gasteiger partial charge in [-0.1, -0.05) is 53.5 Å². The monoisotopic (exact) mass is 319 g/mol. The van der Waals surface area contributed by atoms with Crippen molar-refractivity contribution in [3.05, 3.63) is 63.9 Å². The number of halogens is 2. The SMILES string of the molecule is Clc1nccc(CC2CCC(c3ccccc3)CC2)c1Cl. The Bertz CT molecular complexity index is 589. The second-order valence-corrected chi connectivity index (χ2v) is 6.64. The predicted octanol–water partition coefficient (Wildman–Crippen LogP) is 5.90. The largest absolute Gasteiger partial charge is 0.243 e. The highest BCUT2D eigenvalue weighted by atomic mass is 35.5. The molecule has 0 unspecified atom stereocenters.